The number of esters is 1. The van der Waals surface area contributed by atoms with Crippen molar-refractivity contribution in [2.45, 2.75) is 56.7 Å². The van der Waals surface area contributed by atoms with Gasteiger partial charge in [-0.2, -0.15) is 0 Å². The van der Waals surface area contributed by atoms with Gasteiger partial charge < -0.3 is 20.1 Å². The van der Waals surface area contributed by atoms with Gasteiger partial charge in [0.15, 0.2) is 0 Å². The summed E-state index contributed by atoms with van der Waals surface area (Å²) < 4.78 is 5.76. The van der Waals surface area contributed by atoms with Crippen LogP contribution in [-0.2, 0) is 16.0 Å². The lowest BCUT2D eigenvalue weighted by molar-refractivity contribution is -0.164. The molecule has 0 radical (unpaired) electrons. The smallest absolute Gasteiger partial charge is 0.311 e. The zero-order chi connectivity index (χ0) is 20.9. The molecule has 3 aliphatic heterocycles. The number of H-pyrrole nitrogens is 1. The third kappa shape index (κ3) is 3.40. The number of nitrogens with one attached hydrogen (secondary N) is 2. The van der Waals surface area contributed by atoms with E-state index in [2.05, 4.69) is 39.5 Å². The van der Waals surface area contributed by atoms with Gasteiger partial charge in [-0.25, -0.2) is 0 Å². The fraction of sp³-hybridized carbons (Fsp3) is 0.640. The summed E-state index contributed by atoms with van der Waals surface area (Å²) in [5, 5.41) is 15.6. The van der Waals surface area contributed by atoms with Gasteiger partial charge in [-0.1, -0.05) is 18.2 Å². The maximum absolute atomic E-state index is 13.1. The number of ether oxygens (including phenoxy) is 1. The number of nitrogens with zero attached hydrogens (tertiary/aromatic N) is 1. The number of hydrogen-bond donors (Lipinski definition) is 3. The molecule has 0 unspecified atom stereocenters. The van der Waals surface area contributed by atoms with Gasteiger partial charge in [-0.3, -0.25) is 9.69 Å². The molecular weight excluding hydrogens is 390 g/mol. The first-order valence-electron chi connectivity index (χ1n) is 12.1. The highest BCUT2D eigenvalue weighted by atomic mass is 16.5. The number of aliphatic hydroxyl groups excluding tert-OH is 1. The average Bonchev–Trinajstić information content (AvgIpc) is 3.44. The first-order valence-corrected chi connectivity index (χ1v) is 12.1. The Kier molecular flexibility index (Phi) is 5.04. The third-order valence-corrected chi connectivity index (χ3v) is 8.41. The van der Waals surface area contributed by atoms with E-state index < -0.39 is 12.0 Å². The minimum Gasteiger partial charge on any atom is -0.464 e. The quantitative estimate of drug-likeness (QED) is 0.662. The lowest BCUT2D eigenvalue weighted by Gasteiger charge is -2.51. The number of aliphatic hydroxyl groups is 1. The van der Waals surface area contributed by atoms with E-state index in [4.69, 9.17) is 4.74 Å². The minimum absolute atomic E-state index is 0.183. The van der Waals surface area contributed by atoms with E-state index in [1.807, 2.05) is 0 Å². The second-order valence-electron chi connectivity index (χ2n) is 10.1. The number of carbonyl (C=O) groups excluding carboxylic acids is 1. The van der Waals surface area contributed by atoms with E-state index in [1.54, 1.807) is 0 Å². The van der Waals surface area contributed by atoms with Crippen LogP contribution in [0.2, 0.25) is 0 Å². The molecule has 6 nitrogen and oxygen atoms in total. The van der Waals surface area contributed by atoms with E-state index in [0.717, 1.165) is 51.7 Å². The monoisotopic (exact) mass is 423 g/mol. The van der Waals surface area contributed by atoms with Crippen LogP contribution in [0.15, 0.2) is 24.3 Å². The van der Waals surface area contributed by atoms with E-state index in [-0.39, 0.29) is 17.9 Å². The molecule has 6 rings (SSSR count). The van der Waals surface area contributed by atoms with Crippen LogP contribution in [0.1, 0.15) is 49.4 Å². The van der Waals surface area contributed by atoms with E-state index >= 15 is 0 Å². The predicted molar refractivity (Wildman–Crippen MR) is 119 cm³/mol. The molecule has 4 heterocycles. The molecule has 2 saturated heterocycles. The Labute approximate surface area is 183 Å². The van der Waals surface area contributed by atoms with Crippen molar-refractivity contribution in [1.82, 2.24) is 15.2 Å². The molecule has 1 aromatic heterocycles. The molecule has 0 amide bonds. The Bertz CT molecular complexity index is 966. The van der Waals surface area contributed by atoms with E-state index in [0.29, 0.717) is 25.0 Å². The minimum atomic E-state index is -0.581. The first kappa shape index (κ1) is 19.8. The van der Waals surface area contributed by atoms with Crippen molar-refractivity contribution < 1.29 is 14.6 Å². The molecule has 2 aromatic rings. The van der Waals surface area contributed by atoms with Gasteiger partial charge in [0, 0.05) is 35.7 Å². The molecule has 4 aliphatic rings. The standard InChI is InChI=1S/C25H33N3O3/c29-22-8-7-15-13-28-11-9-18-17-5-1-2-6-20(17)27-24(18)21(28)12-19(15)23(22)25(30)31-14-16-4-3-10-26-16/h1-2,5-6,15-16,19,21-23,26-27,29H,3-4,7-14H2/t15-,16+,19-,21-,22-,23+/m0/s1. The van der Waals surface area contributed by atoms with Crippen LogP contribution in [0.5, 0.6) is 0 Å². The Morgan fingerprint density at radius 2 is 2.13 bits per heavy atom. The molecule has 3 fully saturated rings. The number of fused-ring (bicyclic) bond motifs is 6. The average molecular weight is 424 g/mol. The van der Waals surface area contributed by atoms with Crippen molar-refractivity contribution in [1.29, 1.82) is 0 Å². The number of benzene rings is 1. The summed E-state index contributed by atoms with van der Waals surface area (Å²) in [5.41, 5.74) is 3.98. The van der Waals surface area contributed by atoms with Gasteiger partial charge in [0.05, 0.1) is 18.1 Å². The van der Waals surface area contributed by atoms with Gasteiger partial charge in [0.1, 0.15) is 6.61 Å². The second kappa shape index (κ2) is 7.91. The largest absolute Gasteiger partial charge is 0.464 e. The number of rotatable bonds is 3. The molecule has 6 heteroatoms. The summed E-state index contributed by atoms with van der Waals surface area (Å²) in [7, 11) is 0. The van der Waals surface area contributed by atoms with Crippen LogP contribution < -0.4 is 5.32 Å². The van der Waals surface area contributed by atoms with Gasteiger partial charge in [0.2, 0.25) is 0 Å². The Morgan fingerprint density at radius 1 is 1.23 bits per heavy atom. The fourth-order valence-corrected chi connectivity index (χ4v) is 6.85. The number of aromatic amines is 1. The molecule has 1 aromatic carbocycles. The van der Waals surface area contributed by atoms with Gasteiger partial charge in [0.25, 0.3) is 0 Å². The molecule has 166 valence electrons. The van der Waals surface area contributed by atoms with Gasteiger partial charge in [-0.05, 0) is 68.5 Å². The van der Waals surface area contributed by atoms with E-state index in [1.165, 1.54) is 22.2 Å². The maximum Gasteiger partial charge on any atom is 0.311 e. The van der Waals surface area contributed by atoms with Crippen molar-refractivity contribution in [3.05, 3.63) is 35.5 Å². The van der Waals surface area contributed by atoms with Crippen molar-refractivity contribution in [3.63, 3.8) is 0 Å². The Morgan fingerprint density at radius 3 is 3.00 bits per heavy atom. The van der Waals surface area contributed by atoms with Crippen LogP contribution in [0.4, 0.5) is 0 Å². The van der Waals surface area contributed by atoms with Crippen LogP contribution in [0.25, 0.3) is 10.9 Å². The normalized spacial score (nSPS) is 35.4. The van der Waals surface area contributed by atoms with E-state index in [9.17, 15) is 9.90 Å². The second-order valence-corrected chi connectivity index (χ2v) is 10.1. The molecule has 3 N–H and O–H groups in total. The van der Waals surface area contributed by atoms with Crippen molar-refractivity contribution in [3.8, 4) is 0 Å². The predicted octanol–water partition coefficient (Wildman–Crippen LogP) is 2.77. The molecule has 31 heavy (non-hydrogen) atoms. The van der Waals surface area contributed by atoms with Gasteiger partial charge in [-0.15, -0.1) is 0 Å². The number of carbonyl (C=O) groups is 1. The summed E-state index contributed by atoms with van der Waals surface area (Å²) in [6.45, 7) is 3.53. The molecule has 1 aliphatic carbocycles. The van der Waals surface area contributed by atoms with Crippen LogP contribution in [-0.4, -0.2) is 59.3 Å². The number of hydrogen-bond acceptors (Lipinski definition) is 5. The SMILES string of the molecule is O=C(OC[C@H]1CCCN1)[C@@H]1[C@H]2C[C@H]3c4[nH]c5ccccc5c4CCN3C[C@@H]2CC[C@@H]1O. The fourth-order valence-electron chi connectivity index (χ4n) is 6.85. The molecular formula is C25H33N3O3. The third-order valence-electron chi connectivity index (χ3n) is 8.41. The summed E-state index contributed by atoms with van der Waals surface area (Å²) >= 11 is 0. The molecule has 0 spiro atoms. The maximum atomic E-state index is 13.1. The molecule has 1 saturated carbocycles. The Balaban J connectivity index is 1.25. The summed E-state index contributed by atoms with van der Waals surface area (Å²) in [6.07, 6.45) is 5.33. The van der Waals surface area contributed by atoms with Crippen molar-refractivity contribution >= 4 is 16.9 Å². The lowest BCUT2D eigenvalue weighted by atomic mass is 9.65. The summed E-state index contributed by atoms with van der Waals surface area (Å²) in [5.74, 6) is 0.0771. The molecule has 0 bridgehead atoms. The zero-order valence-electron chi connectivity index (χ0n) is 18.1. The van der Waals surface area contributed by atoms with Crippen LogP contribution >= 0.6 is 0 Å². The van der Waals surface area contributed by atoms with Crippen molar-refractivity contribution in [2.24, 2.45) is 17.8 Å². The lowest BCUT2D eigenvalue weighted by Crippen LogP contribution is -2.53. The molecule has 6 atom stereocenters. The summed E-state index contributed by atoms with van der Waals surface area (Å²) in [4.78, 5) is 19.4. The summed E-state index contributed by atoms with van der Waals surface area (Å²) in [6, 6.07) is 9.15. The van der Waals surface area contributed by atoms with Crippen LogP contribution in [0, 0.1) is 17.8 Å². The van der Waals surface area contributed by atoms with Gasteiger partial charge >= 0.3 is 5.97 Å². The number of para-hydroxylation sites is 1. The first-order chi connectivity index (χ1) is 15.2. The number of aromatic nitrogens is 1. The Hall–Kier alpha value is -1.89. The highest BCUT2D eigenvalue weighted by Gasteiger charge is 2.49. The highest BCUT2D eigenvalue weighted by molar-refractivity contribution is 5.85. The van der Waals surface area contributed by atoms with Crippen molar-refractivity contribution in [2.75, 3.05) is 26.2 Å². The topological polar surface area (TPSA) is 77.6 Å². The number of piperidine rings is 1. The zero-order valence-corrected chi connectivity index (χ0v) is 18.1. The highest BCUT2D eigenvalue weighted by Crippen LogP contribution is 2.49. The van der Waals surface area contributed by atoms with Crippen LogP contribution in [0.3, 0.4) is 0 Å².